The summed E-state index contributed by atoms with van der Waals surface area (Å²) in [5, 5.41) is 5.65. The third kappa shape index (κ3) is 4.35. The maximum atomic E-state index is 11.9. The van der Waals surface area contributed by atoms with Crippen LogP contribution in [0.4, 0.5) is 5.69 Å². The van der Waals surface area contributed by atoms with Crippen LogP contribution in [0.3, 0.4) is 0 Å². The number of amides is 2. The van der Waals surface area contributed by atoms with Crippen molar-refractivity contribution >= 4 is 17.5 Å². The van der Waals surface area contributed by atoms with Crippen LogP contribution in [-0.4, -0.2) is 24.4 Å². The van der Waals surface area contributed by atoms with Gasteiger partial charge >= 0.3 is 0 Å². The minimum atomic E-state index is -0.145. The van der Waals surface area contributed by atoms with Crippen LogP contribution in [0.5, 0.6) is 0 Å². The van der Waals surface area contributed by atoms with E-state index in [1.807, 2.05) is 6.92 Å². The van der Waals surface area contributed by atoms with E-state index in [2.05, 4.69) is 10.6 Å². The van der Waals surface area contributed by atoms with Gasteiger partial charge in [0.05, 0.1) is 0 Å². The monoisotopic (exact) mass is 275 g/mol. The van der Waals surface area contributed by atoms with Crippen LogP contribution >= 0.6 is 0 Å². The lowest BCUT2D eigenvalue weighted by Gasteiger charge is -2.09. The maximum Gasteiger partial charge on any atom is 0.251 e. The normalized spacial score (nSPS) is 15.5. The van der Waals surface area contributed by atoms with E-state index in [-0.39, 0.29) is 23.8 Å². The number of carbonyl (C=O) groups excluding carboxylic acids is 2. The van der Waals surface area contributed by atoms with Crippen LogP contribution < -0.4 is 16.4 Å². The van der Waals surface area contributed by atoms with Crippen molar-refractivity contribution in [1.82, 2.24) is 5.32 Å². The smallest absolute Gasteiger partial charge is 0.251 e. The number of nitrogens with two attached hydrogens (primary N) is 1. The minimum Gasteiger partial charge on any atom is -0.352 e. The van der Waals surface area contributed by atoms with Crippen molar-refractivity contribution in [1.29, 1.82) is 0 Å². The number of rotatable bonds is 6. The molecule has 1 aromatic carbocycles. The molecule has 1 fully saturated rings. The van der Waals surface area contributed by atoms with Crippen LogP contribution in [0.15, 0.2) is 24.3 Å². The average Bonchev–Trinajstić information content (AvgIpc) is 3.22. The van der Waals surface area contributed by atoms with Crippen molar-refractivity contribution in [2.45, 2.75) is 32.2 Å². The quantitative estimate of drug-likeness (QED) is 0.735. The molecule has 1 atom stereocenters. The molecule has 0 radical (unpaired) electrons. The van der Waals surface area contributed by atoms with E-state index in [1.165, 1.54) is 0 Å². The Balaban J connectivity index is 1.90. The Morgan fingerprint density at radius 1 is 1.40 bits per heavy atom. The van der Waals surface area contributed by atoms with Gasteiger partial charge in [-0.1, -0.05) is 6.07 Å². The van der Waals surface area contributed by atoms with E-state index >= 15 is 0 Å². The lowest BCUT2D eigenvalue weighted by atomic mass is 10.1. The van der Waals surface area contributed by atoms with Gasteiger partial charge in [-0.25, -0.2) is 0 Å². The molecule has 0 bridgehead atoms. The highest BCUT2D eigenvalue weighted by atomic mass is 16.2. The Hall–Kier alpha value is -1.88. The van der Waals surface area contributed by atoms with E-state index in [0.29, 0.717) is 17.8 Å². The third-order valence-electron chi connectivity index (χ3n) is 3.23. The third-order valence-corrected chi connectivity index (χ3v) is 3.23. The fourth-order valence-electron chi connectivity index (χ4n) is 1.84. The van der Waals surface area contributed by atoms with Crippen molar-refractivity contribution < 1.29 is 9.59 Å². The summed E-state index contributed by atoms with van der Waals surface area (Å²) in [7, 11) is 0. The zero-order valence-corrected chi connectivity index (χ0v) is 11.7. The summed E-state index contributed by atoms with van der Waals surface area (Å²) in [4.78, 5) is 23.6. The molecule has 0 heterocycles. The molecule has 2 amide bonds. The highest BCUT2D eigenvalue weighted by molar-refractivity contribution is 5.98. The van der Waals surface area contributed by atoms with E-state index in [9.17, 15) is 9.59 Å². The Labute approximate surface area is 118 Å². The fourth-order valence-corrected chi connectivity index (χ4v) is 1.84. The standard InChI is InChI=1S/C15H21N3O2/c1-10(16)7-8-17-14(19)12-3-2-4-13(9-12)18-15(20)11-5-6-11/h2-4,9-11H,5-8,16H2,1H3,(H,17,19)(H,18,20). The molecule has 108 valence electrons. The topological polar surface area (TPSA) is 84.2 Å². The van der Waals surface area contributed by atoms with Crippen LogP contribution in [0.2, 0.25) is 0 Å². The number of benzene rings is 1. The molecule has 5 heteroatoms. The van der Waals surface area contributed by atoms with Crippen LogP contribution in [0.25, 0.3) is 0 Å². The van der Waals surface area contributed by atoms with Gasteiger partial charge in [-0.3, -0.25) is 9.59 Å². The molecule has 2 rings (SSSR count). The van der Waals surface area contributed by atoms with Crippen molar-refractivity contribution in [3.8, 4) is 0 Å². The molecule has 1 aliphatic rings. The average molecular weight is 275 g/mol. The fraction of sp³-hybridized carbons (Fsp3) is 0.467. The zero-order chi connectivity index (χ0) is 14.5. The Morgan fingerprint density at radius 2 is 2.15 bits per heavy atom. The molecule has 0 saturated heterocycles. The highest BCUT2D eigenvalue weighted by Crippen LogP contribution is 2.30. The van der Waals surface area contributed by atoms with Gasteiger partial charge in [-0.2, -0.15) is 0 Å². The first kappa shape index (κ1) is 14.5. The molecule has 20 heavy (non-hydrogen) atoms. The predicted octanol–water partition coefficient (Wildman–Crippen LogP) is 1.50. The first-order chi connectivity index (χ1) is 9.56. The number of carbonyl (C=O) groups is 2. The molecule has 5 nitrogen and oxygen atoms in total. The Kier molecular flexibility index (Phi) is 4.74. The number of anilines is 1. The molecule has 0 aliphatic heterocycles. The second-order valence-electron chi connectivity index (χ2n) is 5.37. The van der Waals surface area contributed by atoms with Gasteiger partial charge in [0.15, 0.2) is 0 Å². The summed E-state index contributed by atoms with van der Waals surface area (Å²) in [5.41, 5.74) is 6.84. The van der Waals surface area contributed by atoms with Gasteiger partial charge < -0.3 is 16.4 Å². The number of hydrogen-bond donors (Lipinski definition) is 3. The van der Waals surface area contributed by atoms with Crippen molar-refractivity contribution in [3.63, 3.8) is 0 Å². The predicted molar refractivity (Wildman–Crippen MR) is 78.4 cm³/mol. The Bertz CT molecular complexity index is 496. The Morgan fingerprint density at radius 3 is 2.80 bits per heavy atom. The maximum absolute atomic E-state index is 11.9. The second-order valence-corrected chi connectivity index (χ2v) is 5.37. The van der Waals surface area contributed by atoms with Gasteiger partial charge in [0.2, 0.25) is 5.91 Å². The summed E-state index contributed by atoms with van der Waals surface area (Å²) in [6, 6.07) is 7.05. The lowest BCUT2D eigenvalue weighted by Crippen LogP contribution is -2.29. The summed E-state index contributed by atoms with van der Waals surface area (Å²) in [6.07, 6.45) is 2.66. The molecule has 0 aromatic heterocycles. The molecule has 4 N–H and O–H groups in total. The minimum absolute atomic E-state index is 0.0412. The van der Waals surface area contributed by atoms with Gasteiger partial charge in [0.25, 0.3) is 5.91 Å². The molecule has 1 aromatic rings. The van der Waals surface area contributed by atoms with Gasteiger partial charge in [0.1, 0.15) is 0 Å². The highest BCUT2D eigenvalue weighted by Gasteiger charge is 2.29. The summed E-state index contributed by atoms with van der Waals surface area (Å²) >= 11 is 0. The van der Waals surface area contributed by atoms with E-state index in [0.717, 1.165) is 19.3 Å². The summed E-state index contributed by atoms with van der Waals surface area (Å²) in [6.45, 7) is 2.45. The van der Waals surface area contributed by atoms with Crippen molar-refractivity contribution in [2.24, 2.45) is 11.7 Å². The zero-order valence-electron chi connectivity index (χ0n) is 11.7. The van der Waals surface area contributed by atoms with E-state index < -0.39 is 0 Å². The molecular weight excluding hydrogens is 254 g/mol. The number of hydrogen-bond acceptors (Lipinski definition) is 3. The van der Waals surface area contributed by atoms with Gasteiger partial charge in [-0.15, -0.1) is 0 Å². The summed E-state index contributed by atoms with van der Waals surface area (Å²) < 4.78 is 0. The van der Waals surface area contributed by atoms with E-state index in [1.54, 1.807) is 24.3 Å². The van der Waals surface area contributed by atoms with Crippen molar-refractivity contribution in [3.05, 3.63) is 29.8 Å². The molecule has 1 saturated carbocycles. The largest absolute Gasteiger partial charge is 0.352 e. The first-order valence-corrected chi connectivity index (χ1v) is 7.01. The first-order valence-electron chi connectivity index (χ1n) is 7.01. The van der Waals surface area contributed by atoms with Crippen LogP contribution in [0.1, 0.15) is 36.5 Å². The van der Waals surface area contributed by atoms with Gasteiger partial charge in [0, 0.05) is 29.8 Å². The molecule has 1 unspecified atom stereocenters. The summed E-state index contributed by atoms with van der Waals surface area (Å²) in [5.74, 6) is 0.0474. The van der Waals surface area contributed by atoms with Crippen LogP contribution in [0, 0.1) is 5.92 Å². The molecular formula is C15H21N3O2. The molecule has 0 spiro atoms. The number of nitrogens with one attached hydrogen (secondary N) is 2. The van der Waals surface area contributed by atoms with E-state index in [4.69, 9.17) is 5.73 Å². The molecule has 1 aliphatic carbocycles. The second kappa shape index (κ2) is 6.52. The SMILES string of the molecule is CC(N)CCNC(=O)c1cccc(NC(=O)C2CC2)c1. The lowest BCUT2D eigenvalue weighted by molar-refractivity contribution is -0.117. The van der Waals surface area contributed by atoms with Crippen LogP contribution in [-0.2, 0) is 4.79 Å². The van der Waals surface area contributed by atoms with Crippen molar-refractivity contribution in [2.75, 3.05) is 11.9 Å². The van der Waals surface area contributed by atoms with Gasteiger partial charge in [-0.05, 0) is 44.4 Å².